The summed E-state index contributed by atoms with van der Waals surface area (Å²) in [5, 5.41) is 2.60. The highest BCUT2D eigenvalue weighted by molar-refractivity contribution is 5.96. The van der Waals surface area contributed by atoms with Crippen LogP contribution in [0.15, 0.2) is 10.5 Å². The second-order valence-electron chi connectivity index (χ2n) is 6.31. The van der Waals surface area contributed by atoms with Crippen molar-refractivity contribution in [1.29, 1.82) is 0 Å². The molecule has 1 spiro atoms. The number of amides is 2. The second-order valence-corrected chi connectivity index (χ2v) is 6.31. The average molecular weight is 312 g/mol. The Morgan fingerprint density at radius 1 is 1.36 bits per heavy atom. The molecule has 2 aliphatic heterocycles. The van der Waals surface area contributed by atoms with E-state index in [1.807, 2.05) is 0 Å². The third kappa shape index (κ3) is 2.38. The summed E-state index contributed by atoms with van der Waals surface area (Å²) < 4.78 is 33.5. The quantitative estimate of drug-likeness (QED) is 0.861. The number of nitrogens with zero attached hydrogens (tertiary/aromatic N) is 1. The van der Waals surface area contributed by atoms with Gasteiger partial charge in [0, 0.05) is 19.5 Å². The first-order valence-corrected chi connectivity index (χ1v) is 7.25. The van der Waals surface area contributed by atoms with E-state index in [9.17, 15) is 18.4 Å². The molecule has 2 fully saturated rings. The Morgan fingerprint density at radius 2 is 2.09 bits per heavy atom. The molecule has 0 radical (unpaired) electrons. The SMILES string of the molecule is Cc1cc(C(=O)N2CC(F)(F)C[C@]3(CCNC3=O)C2)c(C)o1. The van der Waals surface area contributed by atoms with Gasteiger partial charge in [0.1, 0.15) is 11.5 Å². The highest BCUT2D eigenvalue weighted by Crippen LogP contribution is 2.43. The molecule has 5 nitrogen and oxygen atoms in total. The molecule has 3 heterocycles. The Bertz CT molecular complexity index is 641. The standard InChI is InChI=1S/C15H18F2N2O3/c1-9-5-11(10(2)22-9)12(20)19-7-14(3-4-18-13(14)21)6-15(16,17)8-19/h5H,3-4,6-8H2,1-2H3,(H,18,21)/t14-/m1/s1. The monoisotopic (exact) mass is 312 g/mol. The predicted octanol–water partition coefficient (Wildman–Crippen LogP) is 1.88. The molecule has 22 heavy (non-hydrogen) atoms. The maximum absolute atomic E-state index is 14.1. The molecule has 7 heteroatoms. The molecule has 0 aliphatic carbocycles. The number of rotatable bonds is 1. The Hall–Kier alpha value is -1.92. The number of furan rings is 1. The summed E-state index contributed by atoms with van der Waals surface area (Å²) in [7, 11) is 0. The van der Waals surface area contributed by atoms with Gasteiger partial charge in [0.2, 0.25) is 5.91 Å². The van der Waals surface area contributed by atoms with Crippen molar-refractivity contribution in [2.45, 2.75) is 32.6 Å². The van der Waals surface area contributed by atoms with Crippen LogP contribution in [0.1, 0.15) is 34.7 Å². The molecule has 0 aromatic carbocycles. The molecule has 1 aromatic rings. The van der Waals surface area contributed by atoms with E-state index < -0.39 is 30.2 Å². The third-order valence-electron chi connectivity index (χ3n) is 4.44. The smallest absolute Gasteiger partial charge is 0.266 e. The van der Waals surface area contributed by atoms with Crippen molar-refractivity contribution < 1.29 is 22.8 Å². The zero-order valence-electron chi connectivity index (χ0n) is 12.5. The summed E-state index contributed by atoms with van der Waals surface area (Å²) in [6.07, 6.45) is -0.173. The Balaban J connectivity index is 1.91. The van der Waals surface area contributed by atoms with Gasteiger partial charge in [0.25, 0.3) is 11.8 Å². The molecule has 120 valence electrons. The molecule has 0 saturated carbocycles. The zero-order chi connectivity index (χ0) is 16.1. The summed E-state index contributed by atoms with van der Waals surface area (Å²) in [6.45, 7) is 3.06. The fraction of sp³-hybridized carbons (Fsp3) is 0.600. The summed E-state index contributed by atoms with van der Waals surface area (Å²) in [6, 6.07) is 1.55. The summed E-state index contributed by atoms with van der Waals surface area (Å²) >= 11 is 0. The first kappa shape index (κ1) is 15.0. The van der Waals surface area contributed by atoms with Gasteiger partial charge in [0.15, 0.2) is 0 Å². The minimum atomic E-state index is -3.07. The van der Waals surface area contributed by atoms with Crippen LogP contribution in [0.25, 0.3) is 0 Å². The molecule has 2 aliphatic rings. The molecule has 2 saturated heterocycles. The van der Waals surface area contributed by atoms with E-state index >= 15 is 0 Å². The van der Waals surface area contributed by atoms with Crippen molar-refractivity contribution in [3.05, 3.63) is 23.2 Å². The van der Waals surface area contributed by atoms with Gasteiger partial charge in [-0.3, -0.25) is 9.59 Å². The van der Waals surface area contributed by atoms with Gasteiger partial charge in [-0.15, -0.1) is 0 Å². The number of hydrogen-bond donors (Lipinski definition) is 1. The van der Waals surface area contributed by atoms with Crippen LogP contribution in [0.5, 0.6) is 0 Å². The minimum absolute atomic E-state index is 0.0247. The normalized spacial score (nSPS) is 27.3. The van der Waals surface area contributed by atoms with Gasteiger partial charge in [-0.25, -0.2) is 8.78 Å². The van der Waals surface area contributed by atoms with Crippen molar-refractivity contribution in [3.63, 3.8) is 0 Å². The van der Waals surface area contributed by atoms with Crippen molar-refractivity contribution in [2.24, 2.45) is 5.41 Å². The van der Waals surface area contributed by atoms with Crippen LogP contribution in [-0.2, 0) is 4.79 Å². The average Bonchev–Trinajstić information content (AvgIpc) is 2.90. The van der Waals surface area contributed by atoms with Gasteiger partial charge < -0.3 is 14.6 Å². The summed E-state index contributed by atoms with van der Waals surface area (Å²) in [5.41, 5.74) is -0.895. The molecular formula is C15H18F2N2O3. The maximum Gasteiger partial charge on any atom is 0.266 e. The lowest BCUT2D eigenvalue weighted by atomic mass is 9.77. The molecule has 0 bridgehead atoms. The lowest BCUT2D eigenvalue weighted by Gasteiger charge is -2.42. The molecular weight excluding hydrogens is 294 g/mol. The number of aryl methyl sites for hydroxylation is 2. The second kappa shape index (κ2) is 4.79. The van der Waals surface area contributed by atoms with E-state index in [0.717, 1.165) is 4.90 Å². The number of alkyl halides is 2. The summed E-state index contributed by atoms with van der Waals surface area (Å²) in [4.78, 5) is 25.7. The molecule has 1 aromatic heterocycles. The molecule has 1 atom stereocenters. The van der Waals surface area contributed by atoms with E-state index in [2.05, 4.69) is 5.32 Å². The number of hydrogen-bond acceptors (Lipinski definition) is 3. The number of likely N-dealkylation sites (tertiary alicyclic amines) is 1. The van der Waals surface area contributed by atoms with E-state index in [-0.39, 0.29) is 18.0 Å². The van der Waals surface area contributed by atoms with Crippen LogP contribution in [0.3, 0.4) is 0 Å². The lowest BCUT2D eigenvalue weighted by Crippen LogP contribution is -2.56. The third-order valence-corrected chi connectivity index (χ3v) is 4.44. The van der Waals surface area contributed by atoms with E-state index in [1.165, 1.54) is 0 Å². The van der Waals surface area contributed by atoms with E-state index in [1.54, 1.807) is 19.9 Å². The highest BCUT2D eigenvalue weighted by Gasteiger charge is 2.55. The number of piperidine rings is 1. The molecule has 3 rings (SSSR count). The molecule has 2 amide bonds. The highest BCUT2D eigenvalue weighted by atomic mass is 19.3. The number of carbonyl (C=O) groups excluding carboxylic acids is 2. The summed E-state index contributed by atoms with van der Waals surface area (Å²) in [5.74, 6) is -3.00. The molecule has 1 N–H and O–H groups in total. The van der Waals surface area contributed by atoms with Crippen LogP contribution in [0.4, 0.5) is 8.78 Å². The first-order chi connectivity index (χ1) is 10.2. The van der Waals surface area contributed by atoms with Gasteiger partial charge >= 0.3 is 0 Å². The van der Waals surface area contributed by atoms with Gasteiger partial charge in [-0.1, -0.05) is 0 Å². The number of carbonyl (C=O) groups is 2. The lowest BCUT2D eigenvalue weighted by molar-refractivity contribution is -0.144. The van der Waals surface area contributed by atoms with Crippen molar-refractivity contribution in [2.75, 3.05) is 19.6 Å². The number of halogens is 2. The van der Waals surface area contributed by atoms with Gasteiger partial charge in [-0.2, -0.15) is 0 Å². The van der Waals surface area contributed by atoms with Crippen LogP contribution in [-0.4, -0.2) is 42.3 Å². The largest absolute Gasteiger partial charge is 0.466 e. The Morgan fingerprint density at radius 3 is 2.64 bits per heavy atom. The fourth-order valence-electron chi connectivity index (χ4n) is 3.50. The fourth-order valence-corrected chi connectivity index (χ4v) is 3.50. The van der Waals surface area contributed by atoms with Crippen molar-refractivity contribution in [3.8, 4) is 0 Å². The van der Waals surface area contributed by atoms with Crippen LogP contribution >= 0.6 is 0 Å². The van der Waals surface area contributed by atoms with Crippen LogP contribution in [0, 0.1) is 19.3 Å². The van der Waals surface area contributed by atoms with Crippen LogP contribution in [0.2, 0.25) is 0 Å². The first-order valence-electron chi connectivity index (χ1n) is 7.25. The topological polar surface area (TPSA) is 62.6 Å². The van der Waals surface area contributed by atoms with Crippen LogP contribution < -0.4 is 5.32 Å². The van der Waals surface area contributed by atoms with Gasteiger partial charge in [0.05, 0.1) is 17.5 Å². The van der Waals surface area contributed by atoms with Crippen molar-refractivity contribution in [1.82, 2.24) is 10.2 Å². The zero-order valence-corrected chi connectivity index (χ0v) is 12.5. The Kier molecular flexibility index (Phi) is 3.27. The number of nitrogens with one attached hydrogen (secondary N) is 1. The van der Waals surface area contributed by atoms with Crippen molar-refractivity contribution >= 4 is 11.8 Å². The van der Waals surface area contributed by atoms with E-state index in [0.29, 0.717) is 24.5 Å². The van der Waals surface area contributed by atoms with E-state index in [4.69, 9.17) is 4.42 Å². The Labute approximate surface area is 126 Å². The predicted molar refractivity (Wildman–Crippen MR) is 73.7 cm³/mol. The molecule has 0 unspecified atom stereocenters. The maximum atomic E-state index is 14.1. The minimum Gasteiger partial charge on any atom is -0.466 e. The van der Waals surface area contributed by atoms with Gasteiger partial charge in [-0.05, 0) is 26.3 Å².